The highest BCUT2D eigenvalue weighted by atomic mass is 32.2. The van der Waals surface area contributed by atoms with Crippen LogP contribution in [0.2, 0.25) is 0 Å². The van der Waals surface area contributed by atoms with Crippen LogP contribution in [0.4, 0.5) is 0 Å². The van der Waals surface area contributed by atoms with Crippen molar-refractivity contribution in [1.29, 1.82) is 0 Å². The summed E-state index contributed by atoms with van der Waals surface area (Å²) in [5, 5.41) is 9.98. The molecule has 0 aliphatic carbocycles. The van der Waals surface area contributed by atoms with E-state index in [1.807, 2.05) is 0 Å². The minimum atomic E-state index is -3.17. The summed E-state index contributed by atoms with van der Waals surface area (Å²) in [5.74, 6) is 0.207. The van der Waals surface area contributed by atoms with Gasteiger partial charge in [-0.3, -0.25) is 0 Å². The molecule has 108 valence electrons. The van der Waals surface area contributed by atoms with E-state index in [2.05, 4.69) is 20.8 Å². The Morgan fingerprint density at radius 1 is 1.22 bits per heavy atom. The Morgan fingerprint density at radius 3 is 2.39 bits per heavy atom. The summed E-state index contributed by atoms with van der Waals surface area (Å²) >= 11 is 0. The number of hydrogen-bond acceptors (Lipinski definition) is 3. The number of aliphatic hydroxyl groups is 1. The highest BCUT2D eigenvalue weighted by Gasteiger charge is 2.31. The minimum absolute atomic E-state index is 0.0322. The Morgan fingerprint density at radius 2 is 1.83 bits per heavy atom. The van der Waals surface area contributed by atoms with E-state index < -0.39 is 15.6 Å². The molecule has 0 amide bonds. The molecule has 1 aliphatic heterocycles. The van der Waals surface area contributed by atoms with Gasteiger partial charge in [-0.2, -0.15) is 0 Å². The zero-order valence-electron chi connectivity index (χ0n) is 12.1. The molecule has 1 atom stereocenters. The summed E-state index contributed by atoms with van der Waals surface area (Å²) in [6.07, 6.45) is 2.62. The number of sulfonamides is 1. The van der Waals surface area contributed by atoms with Crippen LogP contribution in [0.1, 0.15) is 53.4 Å². The fraction of sp³-hybridized carbons (Fsp3) is 1.00. The molecule has 0 saturated carbocycles. The lowest BCUT2D eigenvalue weighted by Gasteiger charge is -2.24. The third-order valence-electron chi connectivity index (χ3n) is 3.53. The molecule has 1 fully saturated rings. The molecule has 0 radical (unpaired) electrons. The van der Waals surface area contributed by atoms with Crippen molar-refractivity contribution in [2.45, 2.75) is 59.0 Å². The molecule has 0 bridgehead atoms. The summed E-state index contributed by atoms with van der Waals surface area (Å²) in [4.78, 5) is 0. The van der Waals surface area contributed by atoms with Crippen molar-refractivity contribution in [2.75, 3.05) is 18.8 Å². The maximum atomic E-state index is 12.2. The maximum absolute atomic E-state index is 12.2. The molecule has 1 rings (SSSR count). The molecule has 0 aromatic heterocycles. The van der Waals surface area contributed by atoms with Crippen molar-refractivity contribution >= 4 is 10.0 Å². The third kappa shape index (κ3) is 5.24. The number of hydrogen-bond donors (Lipinski definition) is 1. The quantitative estimate of drug-likeness (QED) is 0.858. The molecule has 0 aromatic rings. The van der Waals surface area contributed by atoms with Gasteiger partial charge in [-0.25, -0.2) is 12.7 Å². The van der Waals surface area contributed by atoms with Gasteiger partial charge in [0.2, 0.25) is 10.0 Å². The Balaban J connectivity index is 2.63. The molecular weight excluding hydrogens is 250 g/mol. The first kappa shape index (κ1) is 15.9. The topological polar surface area (TPSA) is 57.6 Å². The van der Waals surface area contributed by atoms with Gasteiger partial charge in [0.1, 0.15) is 0 Å². The van der Waals surface area contributed by atoms with E-state index >= 15 is 0 Å². The molecule has 1 heterocycles. The Bertz CT molecular complexity index is 368. The average molecular weight is 277 g/mol. The van der Waals surface area contributed by atoms with Gasteiger partial charge in [0, 0.05) is 13.1 Å². The number of rotatable bonds is 3. The van der Waals surface area contributed by atoms with Gasteiger partial charge in [-0.05, 0) is 38.0 Å². The molecule has 5 heteroatoms. The first-order valence-electron chi connectivity index (χ1n) is 6.72. The molecule has 0 aromatic carbocycles. The van der Waals surface area contributed by atoms with Gasteiger partial charge >= 0.3 is 0 Å². The molecule has 18 heavy (non-hydrogen) atoms. The smallest absolute Gasteiger partial charge is 0.214 e. The van der Waals surface area contributed by atoms with Crippen LogP contribution in [-0.4, -0.2) is 42.3 Å². The fourth-order valence-corrected chi connectivity index (χ4v) is 3.99. The lowest BCUT2D eigenvalue weighted by atomic mass is 9.94. The van der Waals surface area contributed by atoms with Crippen molar-refractivity contribution < 1.29 is 13.5 Å². The highest BCUT2D eigenvalue weighted by Crippen LogP contribution is 2.25. The van der Waals surface area contributed by atoms with E-state index in [1.165, 1.54) is 0 Å². The largest absolute Gasteiger partial charge is 0.390 e. The van der Waals surface area contributed by atoms with Crippen LogP contribution < -0.4 is 0 Å². The van der Waals surface area contributed by atoms with Gasteiger partial charge in [0.25, 0.3) is 0 Å². The molecule has 1 N–H and O–H groups in total. The van der Waals surface area contributed by atoms with Crippen LogP contribution in [0.5, 0.6) is 0 Å². The summed E-state index contributed by atoms with van der Waals surface area (Å²) in [6, 6.07) is 0. The maximum Gasteiger partial charge on any atom is 0.214 e. The lowest BCUT2D eigenvalue weighted by molar-refractivity contribution is 0.0465. The molecular formula is C13H27NO3S. The van der Waals surface area contributed by atoms with Gasteiger partial charge in [0.05, 0.1) is 11.4 Å². The lowest BCUT2D eigenvalue weighted by Crippen LogP contribution is -2.36. The Hall–Kier alpha value is -0.130. The van der Waals surface area contributed by atoms with Gasteiger partial charge in [0.15, 0.2) is 0 Å². The number of nitrogens with zero attached hydrogens (tertiary/aromatic N) is 1. The van der Waals surface area contributed by atoms with Crippen LogP contribution >= 0.6 is 0 Å². The molecule has 1 unspecified atom stereocenters. The van der Waals surface area contributed by atoms with Crippen molar-refractivity contribution in [2.24, 2.45) is 5.41 Å². The highest BCUT2D eigenvalue weighted by molar-refractivity contribution is 7.89. The van der Waals surface area contributed by atoms with E-state index in [0.717, 1.165) is 6.42 Å². The van der Waals surface area contributed by atoms with Crippen molar-refractivity contribution in [3.63, 3.8) is 0 Å². The van der Waals surface area contributed by atoms with Gasteiger partial charge < -0.3 is 5.11 Å². The first-order valence-corrected chi connectivity index (χ1v) is 8.33. The second-order valence-electron chi connectivity index (χ2n) is 6.88. The van der Waals surface area contributed by atoms with Crippen LogP contribution in [0.15, 0.2) is 0 Å². The minimum Gasteiger partial charge on any atom is -0.390 e. The predicted molar refractivity (Wildman–Crippen MR) is 73.9 cm³/mol. The summed E-state index contributed by atoms with van der Waals surface area (Å²) in [6.45, 7) is 8.93. The van der Waals surface area contributed by atoms with Crippen LogP contribution in [0.3, 0.4) is 0 Å². The Labute approximate surface area is 111 Å². The van der Waals surface area contributed by atoms with E-state index in [-0.39, 0.29) is 11.2 Å². The van der Waals surface area contributed by atoms with Crippen molar-refractivity contribution in [3.8, 4) is 0 Å². The molecule has 4 nitrogen and oxygen atoms in total. The second kappa shape index (κ2) is 5.47. The first-order chi connectivity index (χ1) is 8.02. The summed E-state index contributed by atoms with van der Waals surface area (Å²) in [7, 11) is -3.17. The van der Waals surface area contributed by atoms with Gasteiger partial charge in [-0.15, -0.1) is 0 Å². The zero-order chi connectivity index (χ0) is 14.0. The van der Waals surface area contributed by atoms with Crippen LogP contribution in [-0.2, 0) is 10.0 Å². The molecule has 1 saturated heterocycles. The predicted octanol–water partition coefficient (Wildman–Crippen LogP) is 1.99. The SMILES string of the molecule is CC(C)(C)CCS(=O)(=O)N1CCCC(C)(O)CC1. The average Bonchev–Trinajstić information content (AvgIpc) is 2.36. The fourth-order valence-electron chi connectivity index (χ4n) is 2.08. The van der Waals surface area contributed by atoms with Crippen LogP contribution in [0, 0.1) is 5.41 Å². The van der Waals surface area contributed by atoms with E-state index in [1.54, 1.807) is 11.2 Å². The van der Waals surface area contributed by atoms with Gasteiger partial charge in [-0.1, -0.05) is 20.8 Å². The van der Waals surface area contributed by atoms with E-state index in [4.69, 9.17) is 0 Å². The normalized spacial score (nSPS) is 28.1. The van der Waals surface area contributed by atoms with Crippen LogP contribution in [0.25, 0.3) is 0 Å². The summed E-state index contributed by atoms with van der Waals surface area (Å²) in [5.41, 5.74) is -0.682. The van der Waals surface area contributed by atoms with Crippen molar-refractivity contribution in [3.05, 3.63) is 0 Å². The monoisotopic (exact) mass is 277 g/mol. The Kier molecular flexibility index (Phi) is 4.84. The third-order valence-corrected chi connectivity index (χ3v) is 5.40. The van der Waals surface area contributed by atoms with Crippen molar-refractivity contribution in [1.82, 2.24) is 4.31 Å². The molecule has 1 aliphatic rings. The van der Waals surface area contributed by atoms with E-state index in [9.17, 15) is 13.5 Å². The standard InChI is InChI=1S/C13H27NO3S/c1-12(2,3)8-11-18(16,17)14-9-5-6-13(4,15)7-10-14/h15H,5-11H2,1-4H3. The molecule has 0 spiro atoms. The summed E-state index contributed by atoms with van der Waals surface area (Å²) < 4.78 is 26.0. The zero-order valence-corrected chi connectivity index (χ0v) is 12.9. The van der Waals surface area contributed by atoms with E-state index in [0.29, 0.717) is 32.4 Å². The second-order valence-corrected chi connectivity index (χ2v) is 8.96.